The van der Waals surface area contributed by atoms with E-state index in [0.717, 1.165) is 77.3 Å². The van der Waals surface area contributed by atoms with Crippen molar-refractivity contribution in [2.45, 2.75) is 70.0 Å². The zero-order chi connectivity index (χ0) is 40.1. The molecule has 4 heterocycles. The van der Waals surface area contributed by atoms with Crippen molar-refractivity contribution in [1.29, 1.82) is 0 Å². The summed E-state index contributed by atoms with van der Waals surface area (Å²) in [7, 11) is 0. The number of likely N-dealkylation sites (tertiary alicyclic amines) is 2. The van der Waals surface area contributed by atoms with E-state index in [4.69, 9.17) is 4.98 Å². The first-order valence-electron chi connectivity index (χ1n) is 20.3. The summed E-state index contributed by atoms with van der Waals surface area (Å²) in [5, 5.41) is 0. The van der Waals surface area contributed by atoms with E-state index in [1.54, 1.807) is 6.20 Å². The van der Waals surface area contributed by atoms with Gasteiger partial charge in [-0.3, -0.25) is 14.5 Å². The van der Waals surface area contributed by atoms with Crippen LogP contribution in [0.25, 0.3) is 33.6 Å². The second-order valence-corrected chi connectivity index (χ2v) is 15.5. The Bertz CT molecular complexity index is 2290. The average molecular weight is 782 g/mol. The van der Waals surface area contributed by atoms with Crippen LogP contribution in [0.4, 0.5) is 8.78 Å². The van der Waals surface area contributed by atoms with Gasteiger partial charge in [0.25, 0.3) is 5.92 Å². The van der Waals surface area contributed by atoms with Gasteiger partial charge in [-0.2, -0.15) is 0 Å². The smallest absolute Gasteiger partial charge is 0.267 e. The van der Waals surface area contributed by atoms with Crippen molar-refractivity contribution in [2.24, 2.45) is 0 Å². The first kappa shape index (κ1) is 38.9. The second-order valence-electron chi connectivity index (χ2n) is 15.5. The van der Waals surface area contributed by atoms with E-state index in [9.17, 15) is 18.4 Å². The molecule has 2 amide bonds. The number of aromatic nitrogens is 4. The number of amides is 2. The largest absolute Gasteiger partial charge is 0.346 e. The predicted octanol–water partition coefficient (Wildman–Crippen LogP) is 9.25. The molecule has 6 aromatic rings. The molecule has 2 fully saturated rings. The van der Waals surface area contributed by atoms with Crippen LogP contribution in [0, 0.1) is 0 Å². The molecule has 4 aromatic carbocycles. The van der Waals surface area contributed by atoms with Crippen LogP contribution in [0.2, 0.25) is 0 Å². The molecule has 0 bridgehead atoms. The molecule has 2 N–H and O–H groups in total. The van der Waals surface area contributed by atoms with Crippen molar-refractivity contribution in [2.75, 3.05) is 26.2 Å². The molecule has 298 valence electrons. The van der Waals surface area contributed by atoms with Crippen LogP contribution in [0.5, 0.6) is 0 Å². The zero-order valence-electron chi connectivity index (χ0n) is 32.8. The maximum Gasteiger partial charge on any atom is 0.267 e. The zero-order valence-corrected chi connectivity index (χ0v) is 32.8. The van der Waals surface area contributed by atoms with Gasteiger partial charge in [0.1, 0.15) is 17.7 Å². The summed E-state index contributed by atoms with van der Waals surface area (Å²) in [6.07, 6.45) is 7.46. The quantitative estimate of drug-likeness (QED) is 0.122. The van der Waals surface area contributed by atoms with E-state index in [0.29, 0.717) is 24.6 Å². The Morgan fingerprint density at radius 2 is 1.36 bits per heavy atom. The molecular formula is C47H49F2N7O2. The Morgan fingerprint density at radius 3 is 2.00 bits per heavy atom. The standard InChI is InChI=1S/C47H49F2N7O2/c1-2-24-55(46(58)44(38-14-8-4-9-15-38)54-25-10-5-11-26-54)31-42-50-29-39(52-42)36-20-16-34(17-21-36)35-18-22-37(23-19-35)40-30-51-45(53-40)41-28-47(48,49)32-56(41)43(57)27-33-12-6-3-7-13-33/h3-4,6-9,12-23,29-30,41,44H,2,5,10-11,24-28,31-32H2,1H3,(H,50,52)(H,51,53)/t41-,44+/m0/s1. The fraction of sp³-hybridized carbons (Fsp3) is 0.319. The van der Waals surface area contributed by atoms with E-state index in [1.165, 1.54) is 11.3 Å². The van der Waals surface area contributed by atoms with Crippen molar-refractivity contribution < 1.29 is 18.4 Å². The van der Waals surface area contributed by atoms with E-state index in [1.807, 2.05) is 96.0 Å². The lowest BCUT2D eigenvalue weighted by atomic mass is 10.00. The summed E-state index contributed by atoms with van der Waals surface area (Å²) in [5.41, 5.74) is 7.09. The Labute approximate surface area is 338 Å². The molecule has 8 rings (SSSR count). The lowest BCUT2D eigenvalue weighted by Gasteiger charge is -2.36. The highest BCUT2D eigenvalue weighted by molar-refractivity contribution is 5.83. The number of alkyl halides is 2. The second kappa shape index (κ2) is 17.3. The van der Waals surface area contributed by atoms with Gasteiger partial charge in [-0.1, -0.05) is 123 Å². The van der Waals surface area contributed by atoms with Gasteiger partial charge in [-0.05, 0) is 54.6 Å². The molecule has 0 radical (unpaired) electrons. The summed E-state index contributed by atoms with van der Waals surface area (Å²) in [4.78, 5) is 49.0. The van der Waals surface area contributed by atoms with Crippen LogP contribution >= 0.6 is 0 Å². The van der Waals surface area contributed by atoms with E-state index in [-0.39, 0.29) is 24.3 Å². The van der Waals surface area contributed by atoms with Gasteiger partial charge in [0.15, 0.2) is 0 Å². The van der Waals surface area contributed by atoms with E-state index >= 15 is 0 Å². The van der Waals surface area contributed by atoms with Crippen molar-refractivity contribution in [3.05, 3.63) is 144 Å². The topological polar surface area (TPSA) is 101 Å². The number of hydrogen-bond donors (Lipinski definition) is 2. The molecule has 2 aliphatic rings. The van der Waals surface area contributed by atoms with Crippen molar-refractivity contribution >= 4 is 11.8 Å². The van der Waals surface area contributed by atoms with Crippen LogP contribution in [-0.4, -0.2) is 78.6 Å². The number of piperidine rings is 1. The number of imidazole rings is 2. The van der Waals surface area contributed by atoms with Gasteiger partial charge in [0.05, 0.1) is 36.9 Å². The third kappa shape index (κ3) is 8.79. The number of rotatable bonds is 13. The molecule has 2 atom stereocenters. The van der Waals surface area contributed by atoms with Crippen LogP contribution in [0.15, 0.2) is 122 Å². The minimum atomic E-state index is -2.99. The van der Waals surface area contributed by atoms with Crippen LogP contribution in [0.1, 0.15) is 73.9 Å². The number of H-pyrrole nitrogens is 2. The summed E-state index contributed by atoms with van der Waals surface area (Å²) in [6, 6.07) is 34.3. The number of hydrogen-bond acceptors (Lipinski definition) is 5. The molecule has 9 nitrogen and oxygen atoms in total. The minimum absolute atomic E-state index is 0.0566. The van der Waals surface area contributed by atoms with Gasteiger partial charge in [-0.25, -0.2) is 18.7 Å². The minimum Gasteiger partial charge on any atom is -0.346 e. The van der Waals surface area contributed by atoms with Gasteiger partial charge >= 0.3 is 0 Å². The first-order valence-corrected chi connectivity index (χ1v) is 20.3. The molecular weight excluding hydrogens is 733 g/mol. The van der Waals surface area contributed by atoms with Gasteiger partial charge in [0, 0.05) is 36.5 Å². The number of nitrogens with one attached hydrogen (secondary N) is 2. The molecule has 0 aliphatic carbocycles. The van der Waals surface area contributed by atoms with Crippen LogP contribution in [0.3, 0.4) is 0 Å². The molecule has 0 spiro atoms. The number of benzene rings is 4. The molecule has 0 unspecified atom stereocenters. The van der Waals surface area contributed by atoms with Crippen molar-refractivity contribution in [3.8, 4) is 33.6 Å². The summed E-state index contributed by atoms with van der Waals surface area (Å²) < 4.78 is 29.3. The summed E-state index contributed by atoms with van der Waals surface area (Å²) in [6.45, 7) is 4.38. The highest BCUT2D eigenvalue weighted by atomic mass is 19.3. The third-order valence-corrected chi connectivity index (χ3v) is 11.3. The number of halogens is 2. The lowest BCUT2D eigenvalue weighted by molar-refractivity contribution is -0.138. The van der Waals surface area contributed by atoms with E-state index in [2.05, 4.69) is 51.0 Å². The predicted molar refractivity (Wildman–Crippen MR) is 222 cm³/mol. The number of nitrogens with zero attached hydrogens (tertiary/aromatic N) is 5. The average Bonchev–Trinajstić information content (AvgIpc) is 4.01. The van der Waals surface area contributed by atoms with Gasteiger partial charge in [-0.15, -0.1) is 0 Å². The summed E-state index contributed by atoms with van der Waals surface area (Å²) >= 11 is 0. The maximum absolute atomic E-state index is 14.7. The van der Waals surface area contributed by atoms with Crippen molar-refractivity contribution in [1.82, 2.24) is 34.6 Å². The number of carbonyl (C=O) groups is 2. The highest BCUT2D eigenvalue weighted by Gasteiger charge is 2.48. The Hall–Kier alpha value is -5.94. The molecule has 11 heteroatoms. The maximum atomic E-state index is 14.7. The first-order chi connectivity index (χ1) is 28.2. The summed E-state index contributed by atoms with van der Waals surface area (Å²) in [5.74, 6) is -2.12. The Morgan fingerprint density at radius 1 is 0.776 bits per heavy atom. The number of aromatic amines is 2. The fourth-order valence-corrected chi connectivity index (χ4v) is 8.32. The third-order valence-electron chi connectivity index (χ3n) is 11.3. The van der Waals surface area contributed by atoms with Crippen LogP contribution in [-0.2, 0) is 22.6 Å². The molecule has 2 aromatic heterocycles. The monoisotopic (exact) mass is 781 g/mol. The van der Waals surface area contributed by atoms with Crippen molar-refractivity contribution in [3.63, 3.8) is 0 Å². The van der Waals surface area contributed by atoms with Crippen LogP contribution < -0.4 is 0 Å². The van der Waals surface area contributed by atoms with E-state index < -0.39 is 24.9 Å². The molecule has 58 heavy (non-hydrogen) atoms. The SMILES string of the molecule is CCCN(Cc1nc(-c2ccc(-c3ccc(-c4c[nH]c([C@@H]5CC(F)(F)CN5C(=O)Cc5ccccc5)n4)cc3)cc2)c[nH]1)C(=O)[C@@H](c1ccccc1)N1CCCCC1. The highest BCUT2D eigenvalue weighted by Crippen LogP contribution is 2.41. The Kier molecular flexibility index (Phi) is 11.6. The normalized spacial score (nSPS) is 17.3. The fourth-order valence-electron chi connectivity index (χ4n) is 8.32. The van der Waals surface area contributed by atoms with Gasteiger partial charge < -0.3 is 19.8 Å². The van der Waals surface area contributed by atoms with Gasteiger partial charge in [0.2, 0.25) is 11.8 Å². The molecule has 2 aliphatic heterocycles. The lowest BCUT2D eigenvalue weighted by Crippen LogP contribution is -2.45. The molecule has 2 saturated heterocycles. The number of carbonyl (C=O) groups excluding carboxylic acids is 2. The Balaban J connectivity index is 0.923. The molecule has 0 saturated carbocycles.